The Morgan fingerprint density at radius 1 is 1.30 bits per heavy atom. The van der Waals surface area contributed by atoms with Gasteiger partial charge in [-0.3, -0.25) is 9.89 Å². The molecular weight excluding hydrogens is 417 g/mol. The van der Waals surface area contributed by atoms with Crippen LogP contribution >= 0.6 is 12.2 Å². The highest BCUT2D eigenvalue weighted by Gasteiger charge is 2.32. The van der Waals surface area contributed by atoms with Crippen LogP contribution in [0.3, 0.4) is 0 Å². The normalized spacial score (nSPS) is 15.6. The smallest absolute Gasteiger partial charge is 0.406 e. The Morgan fingerprint density at radius 3 is 2.60 bits per heavy atom. The number of ether oxygens (including phenoxy) is 1. The molecule has 1 amide bonds. The number of nitrogens with zero attached hydrogens (tertiary/aromatic N) is 3. The van der Waals surface area contributed by atoms with Crippen LogP contribution in [0.25, 0.3) is 0 Å². The summed E-state index contributed by atoms with van der Waals surface area (Å²) in [5.74, 6) is 0.802. The van der Waals surface area contributed by atoms with Gasteiger partial charge in [0.05, 0.1) is 0 Å². The third kappa shape index (κ3) is 5.41. The van der Waals surface area contributed by atoms with E-state index < -0.39 is 6.36 Å². The summed E-state index contributed by atoms with van der Waals surface area (Å²) in [5.41, 5.74) is 0.366. The average Bonchev–Trinajstić information content (AvgIpc) is 3.08. The van der Waals surface area contributed by atoms with Crippen LogP contribution in [0.5, 0.6) is 5.75 Å². The van der Waals surface area contributed by atoms with Crippen molar-refractivity contribution in [3.63, 3.8) is 0 Å². The van der Waals surface area contributed by atoms with E-state index >= 15 is 0 Å². The van der Waals surface area contributed by atoms with Crippen molar-refractivity contribution in [2.45, 2.75) is 57.9 Å². The molecule has 30 heavy (non-hydrogen) atoms. The Balaban J connectivity index is 1.56. The van der Waals surface area contributed by atoms with Crippen LogP contribution in [-0.4, -0.2) is 45.0 Å². The van der Waals surface area contributed by atoms with Crippen molar-refractivity contribution < 1.29 is 22.7 Å². The molecule has 3 rings (SSSR count). The predicted octanol–water partition coefficient (Wildman–Crippen LogP) is 4.76. The minimum atomic E-state index is -4.76. The van der Waals surface area contributed by atoms with Crippen molar-refractivity contribution >= 4 is 18.1 Å². The lowest BCUT2D eigenvalue weighted by Gasteiger charge is -2.32. The maximum Gasteiger partial charge on any atom is 0.573 e. The largest absolute Gasteiger partial charge is 0.573 e. The minimum absolute atomic E-state index is 0.0713. The molecule has 0 unspecified atom stereocenters. The number of para-hydroxylation sites is 1. The number of hydrogen-bond acceptors (Lipinski definition) is 4. The fourth-order valence-corrected chi connectivity index (χ4v) is 4.18. The van der Waals surface area contributed by atoms with Gasteiger partial charge in [0, 0.05) is 31.5 Å². The molecule has 0 spiro atoms. The second-order valence-electron chi connectivity index (χ2n) is 7.66. The van der Waals surface area contributed by atoms with Crippen molar-refractivity contribution in [1.29, 1.82) is 0 Å². The molecule has 0 radical (unpaired) electrons. The fourth-order valence-electron chi connectivity index (χ4n) is 3.83. The van der Waals surface area contributed by atoms with E-state index in [4.69, 9.17) is 12.2 Å². The highest BCUT2D eigenvalue weighted by molar-refractivity contribution is 7.71. The second kappa shape index (κ2) is 9.20. The zero-order chi connectivity index (χ0) is 21.9. The third-order valence-corrected chi connectivity index (χ3v) is 5.56. The molecule has 0 saturated carbocycles. The molecule has 6 nitrogen and oxygen atoms in total. The molecule has 1 aromatic heterocycles. The van der Waals surface area contributed by atoms with Gasteiger partial charge in [-0.1, -0.05) is 18.2 Å². The molecule has 10 heteroatoms. The number of carbonyl (C=O) groups excluding carboxylic acids is 1. The first-order valence-corrected chi connectivity index (χ1v) is 10.3. The lowest BCUT2D eigenvalue weighted by Crippen LogP contribution is -2.38. The monoisotopic (exact) mass is 442 g/mol. The standard InChI is InChI=1S/C20H25F3N4O2S/c1-13(2)27-18(24-25-19(27)30)15-9-11-26(12-10-15)17(28)8-7-14-5-3-4-6-16(14)29-20(21,22)23/h3-6,13,15H,7-12H2,1-2H3,(H,25,30). The van der Waals surface area contributed by atoms with Crippen LogP contribution in [0.15, 0.2) is 24.3 Å². The number of rotatable bonds is 6. The Hall–Kier alpha value is -2.36. The van der Waals surface area contributed by atoms with E-state index in [0.29, 0.717) is 23.4 Å². The number of H-pyrrole nitrogens is 1. The number of amides is 1. The number of nitrogens with one attached hydrogen (secondary N) is 1. The molecule has 2 heterocycles. The van der Waals surface area contributed by atoms with E-state index in [9.17, 15) is 18.0 Å². The summed E-state index contributed by atoms with van der Waals surface area (Å²) in [6.45, 7) is 5.27. The summed E-state index contributed by atoms with van der Waals surface area (Å²) in [6, 6.07) is 6.12. The maximum atomic E-state index is 12.6. The molecule has 1 saturated heterocycles. The van der Waals surface area contributed by atoms with Gasteiger partial charge in [0.2, 0.25) is 5.91 Å². The molecule has 1 aliphatic heterocycles. The highest BCUT2D eigenvalue weighted by atomic mass is 32.1. The van der Waals surface area contributed by atoms with Gasteiger partial charge in [-0.2, -0.15) is 5.10 Å². The summed E-state index contributed by atoms with van der Waals surface area (Å²) >= 11 is 5.31. The molecule has 1 fully saturated rings. The van der Waals surface area contributed by atoms with Crippen molar-refractivity contribution in [3.8, 4) is 5.75 Å². The summed E-state index contributed by atoms with van der Waals surface area (Å²) in [4.78, 5) is 14.4. The van der Waals surface area contributed by atoms with Gasteiger partial charge in [-0.15, -0.1) is 13.2 Å². The van der Waals surface area contributed by atoms with Gasteiger partial charge in [0.15, 0.2) is 4.77 Å². The molecule has 2 aromatic rings. The lowest BCUT2D eigenvalue weighted by molar-refractivity contribution is -0.274. The number of likely N-dealkylation sites (tertiary alicyclic amines) is 1. The number of aromatic amines is 1. The topological polar surface area (TPSA) is 63.1 Å². The van der Waals surface area contributed by atoms with Crippen LogP contribution in [0.4, 0.5) is 13.2 Å². The Bertz CT molecular complexity index is 931. The molecule has 1 aliphatic rings. The first-order valence-electron chi connectivity index (χ1n) is 9.94. The van der Waals surface area contributed by atoms with Crippen LogP contribution in [0, 0.1) is 4.77 Å². The summed E-state index contributed by atoms with van der Waals surface area (Å²) < 4.78 is 44.3. The van der Waals surface area contributed by atoms with Crippen LogP contribution < -0.4 is 4.74 Å². The van der Waals surface area contributed by atoms with E-state index in [2.05, 4.69) is 14.9 Å². The maximum absolute atomic E-state index is 12.6. The number of alkyl halides is 3. The summed E-state index contributed by atoms with van der Waals surface area (Å²) in [7, 11) is 0. The summed E-state index contributed by atoms with van der Waals surface area (Å²) in [6.07, 6.45) is -2.89. The molecule has 164 valence electrons. The van der Waals surface area contributed by atoms with Gasteiger partial charge >= 0.3 is 6.36 Å². The highest BCUT2D eigenvalue weighted by Crippen LogP contribution is 2.30. The van der Waals surface area contributed by atoms with E-state index in [0.717, 1.165) is 18.7 Å². The Labute approximate surface area is 178 Å². The van der Waals surface area contributed by atoms with Gasteiger partial charge in [0.1, 0.15) is 11.6 Å². The predicted molar refractivity (Wildman–Crippen MR) is 108 cm³/mol. The van der Waals surface area contributed by atoms with Crippen molar-refractivity contribution in [2.24, 2.45) is 0 Å². The molecule has 1 aromatic carbocycles. The third-order valence-electron chi connectivity index (χ3n) is 5.27. The molecule has 0 aliphatic carbocycles. The van der Waals surface area contributed by atoms with Crippen LogP contribution in [-0.2, 0) is 11.2 Å². The first kappa shape index (κ1) is 22.3. The molecule has 0 atom stereocenters. The SMILES string of the molecule is CC(C)n1c(C2CCN(C(=O)CCc3ccccc3OC(F)(F)F)CC2)n[nH]c1=S. The van der Waals surface area contributed by atoms with Crippen molar-refractivity contribution in [1.82, 2.24) is 19.7 Å². The quantitative estimate of drug-likeness (QED) is 0.656. The fraction of sp³-hybridized carbons (Fsp3) is 0.550. The number of piperidine rings is 1. The van der Waals surface area contributed by atoms with Gasteiger partial charge in [-0.25, -0.2) is 0 Å². The molecule has 0 bridgehead atoms. The van der Waals surface area contributed by atoms with Crippen LogP contribution in [0.1, 0.15) is 56.5 Å². The molecule has 1 N–H and O–H groups in total. The summed E-state index contributed by atoms with van der Waals surface area (Å²) in [5, 5.41) is 7.23. The molecular formula is C20H25F3N4O2S. The first-order chi connectivity index (χ1) is 14.2. The van der Waals surface area contributed by atoms with Crippen LogP contribution in [0.2, 0.25) is 0 Å². The Morgan fingerprint density at radius 2 is 1.97 bits per heavy atom. The number of aryl methyl sites for hydroxylation is 1. The van der Waals surface area contributed by atoms with Gasteiger partial charge in [0.25, 0.3) is 0 Å². The minimum Gasteiger partial charge on any atom is -0.406 e. The lowest BCUT2D eigenvalue weighted by atomic mass is 9.95. The number of carbonyl (C=O) groups is 1. The van der Waals surface area contributed by atoms with E-state index in [-0.39, 0.29) is 36.5 Å². The van der Waals surface area contributed by atoms with E-state index in [1.807, 2.05) is 18.4 Å². The van der Waals surface area contributed by atoms with Gasteiger partial charge < -0.3 is 14.2 Å². The van der Waals surface area contributed by atoms with E-state index in [1.165, 1.54) is 12.1 Å². The zero-order valence-corrected chi connectivity index (χ0v) is 17.7. The number of hydrogen-bond donors (Lipinski definition) is 1. The van der Waals surface area contributed by atoms with Crippen molar-refractivity contribution in [2.75, 3.05) is 13.1 Å². The number of aromatic nitrogens is 3. The Kier molecular flexibility index (Phi) is 6.84. The number of halogens is 3. The van der Waals surface area contributed by atoms with Crippen molar-refractivity contribution in [3.05, 3.63) is 40.4 Å². The average molecular weight is 443 g/mol. The number of benzene rings is 1. The van der Waals surface area contributed by atoms with Gasteiger partial charge in [-0.05, 0) is 57.0 Å². The van der Waals surface area contributed by atoms with E-state index in [1.54, 1.807) is 17.0 Å². The zero-order valence-electron chi connectivity index (χ0n) is 16.9. The second-order valence-corrected chi connectivity index (χ2v) is 8.05.